The van der Waals surface area contributed by atoms with Gasteiger partial charge in [-0.2, -0.15) is 0 Å². The molecule has 1 aromatic carbocycles. The molecule has 100 valence electrons. The van der Waals surface area contributed by atoms with Gasteiger partial charge in [-0.05, 0) is 32.2 Å². The van der Waals surface area contributed by atoms with E-state index in [1.807, 2.05) is 13.0 Å². The van der Waals surface area contributed by atoms with Crippen molar-refractivity contribution in [1.29, 1.82) is 0 Å². The van der Waals surface area contributed by atoms with Gasteiger partial charge in [0.2, 0.25) is 0 Å². The quantitative estimate of drug-likeness (QED) is 0.749. The van der Waals surface area contributed by atoms with Gasteiger partial charge in [-0.15, -0.1) is 0 Å². The summed E-state index contributed by atoms with van der Waals surface area (Å²) >= 11 is 6.22. The van der Waals surface area contributed by atoms with Gasteiger partial charge in [0.25, 0.3) is 0 Å². The van der Waals surface area contributed by atoms with Crippen molar-refractivity contribution in [3.05, 3.63) is 29.2 Å². The SMILES string of the molecule is Cc1nc(Cl)c2cc(N3CCN(C)CC3)ccc2n1. The van der Waals surface area contributed by atoms with E-state index < -0.39 is 0 Å². The number of aryl methyl sites for hydroxylation is 1. The number of anilines is 1. The fourth-order valence-corrected chi connectivity index (χ4v) is 2.72. The van der Waals surface area contributed by atoms with Gasteiger partial charge >= 0.3 is 0 Å². The molecule has 5 heteroatoms. The first kappa shape index (κ1) is 12.6. The van der Waals surface area contributed by atoms with Crippen LogP contribution >= 0.6 is 11.6 Å². The Morgan fingerprint density at radius 2 is 1.84 bits per heavy atom. The number of rotatable bonds is 1. The van der Waals surface area contributed by atoms with Crippen LogP contribution in [0, 0.1) is 6.92 Å². The van der Waals surface area contributed by atoms with Crippen molar-refractivity contribution in [3.63, 3.8) is 0 Å². The van der Waals surface area contributed by atoms with E-state index in [0.29, 0.717) is 11.0 Å². The molecule has 1 saturated heterocycles. The number of fused-ring (bicyclic) bond motifs is 1. The van der Waals surface area contributed by atoms with E-state index in [0.717, 1.165) is 37.1 Å². The molecule has 2 heterocycles. The molecule has 0 radical (unpaired) electrons. The summed E-state index contributed by atoms with van der Waals surface area (Å²) in [4.78, 5) is 13.4. The molecule has 0 bridgehead atoms. The van der Waals surface area contributed by atoms with Crippen LogP contribution in [0.3, 0.4) is 0 Å². The molecule has 0 spiro atoms. The summed E-state index contributed by atoms with van der Waals surface area (Å²) in [7, 11) is 2.16. The highest BCUT2D eigenvalue weighted by Crippen LogP contribution is 2.26. The third-order valence-corrected chi connectivity index (χ3v) is 3.90. The number of piperazine rings is 1. The Morgan fingerprint density at radius 1 is 1.11 bits per heavy atom. The van der Waals surface area contributed by atoms with Gasteiger partial charge in [0.05, 0.1) is 5.52 Å². The van der Waals surface area contributed by atoms with Crippen LogP contribution in [-0.2, 0) is 0 Å². The first-order valence-corrected chi connectivity index (χ1v) is 6.89. The van der Waals surface area contributed by atoms with Crippen LogP contribution in [-0.4, -0.2) is 48.1 Å². The molecule has 1 aliphatic heterocycles. The van der Waals surface area contributed by atoms with Crippen LogP contribution in [0.4, 0.5) is 5.69 Å². The first-order valence-electron chi connectivity index (χ1n) is 6.51. The zero-order valence-corrected chi connectivity index (χ0v) is 12.0. The van der Waals surface area contributed by atoms with Gasteiger partial charge in [0.15, 0.2) is 0 Å². The standard InChI is InChI=1S/C14H17ClN4/c1-10-16-13-4-3-11(9-12(13)14(15)17-10)19-7-5-18(2)6-8-19/h3-4,9H,5-8H2,1-2H3. The molecule has 1 aromatic heterocycles. The summed E-state index contributed by atoms with van der Waals surface area (Å²) in [6.07, 6.45) is 0. The predicted molar refractivity (Wildman–Crippen MR) is 79.0 cm³/mol. The molecule has 4 nitrogen and oxygen atoms in total. The van der Waals surface area contributed by atoms with Crippen LogP contribution in [0.2, 0.25) is 5.15 Å². The van der Waals surface area contributed by atoms with Crippen LogP contribution in [0.5, 0.6) is 0 Å². The highest BCUT2D eigenvalue weighted by molar-refractivity contribution is 6.34. The van der Waals surface area contributed by atoms with E-state index in [1.165, 1.54) is 5.69 Å². The lowest BCUT2D eigenvalue weighted by molar-refractivity contribution is 0.313. The molecule has 2 aromatic rings. The highest BCUT2D eigenvalue weighted by Gasteiger charge is 2.15. The van der Waals surface area contributed by atoms with E-state index in [4.69, 9.17) is 11.6 Å². The third kappa shape index (κ3) is 2.51. The summed E-state index contributed by atoms with van der Waals surface area (Å²) in [5.41, 5.74) is 2.12. The van der Waals surface area contributed by atoms with Gasteiger partial charge in [-0.25, -0.2) is 9.97 Å². The fourth-order valence-electron chi connectivity index (χ4n) is 2.45. The van der Waals surface area contributed by atoms with Gasteiger partial charge < -0.3 is 9.80 Å². The molecule has 0 saturated carbocycles. The summed E-state index contributed by atoms with van der Waals surface area (Å²) in [5, 5.41) is 1.47. The van der Waals surface area contributed by atoms with Crippen molar-refractivity contribution in [3.8, 4) is 0 Å². The number of halogens is 1. The van der Waals surface area contributed by atoms with E-state index in [2.05, 4.69) is 38.9 Å². The highest BCUT2D eigenvalue weighted by atomic mass is 35.5. The van der Waals surface area contributed by atoms with Gasteiger partial charge in [0, 0.05) is 37.3 Å². The van der Waals surface area contributed by atoms with Crippen molar-refractivity contribution in [1.82, 2.24) is 14.9 Å². The smallest absolute Gasteiger partial charge is 0.140 e. The molecule has 0 unspecified atom stereocenters. The van der Waals surface area contributed by atoms with Crippen LogP contribution in [0.15, 0.2) is 18.2 Å². The van der Waals surface area contributed by atoms with Crippen LogP contribution in [0.1, 0.15) is 5.82 Å². The fraction of sp³-hybridized carbons (Fsp3) is 0.429. The third-order valence-electron chi connectivity index (χ3n) is 3.61. The molecule has 0 atom stereocenters. The Hall–Kier alpha value is -1.39. The van der Waals surface area contributed by atoms with Crippen LogP contribution < -0.4 is 4.90 Å². The number of benzene rings is 1. The van der Waals surface area contributed by atoms with Crippen LogP contribution in [0.25, 0.3) is 10.9 Å². The second kappa shape index (κ2) is 4.94. The summed E-state index contributed by atoms with van der Waals surface area (Å²) in [6.45, 7) is 6.14. The minimum Gasteiger partial charge on any atom is -0.369 e. The molecule has 19 heavy (non-hydrogen) atoms. The van der Waals surface area contributed by atoms with Crippen molar-refractivity contribution in [2.75, 3.05) is 38.1 Å². The van der Waals surface area contributed by atoms with E-state index in [9.17, 15) is 0 Å². The second-order valence-electron chi connectivity index (χ2n) is 5.05. The lowest BCUT2D eigenvalue weighted by atomic mass is 10.2. The van der Waals surface area contributed by atoms with Gasteiger partial charge in [-0.1, -0.05) is 11.6 Å². The van der Waals surface area contributed by atoms with Gasteiger partial charge in [-0.3, -0.25) is 0 Å². The molecular weight excluding hydrogens is 260 g/mol. The molecule has 0 N–H and O–H groups in total. The summed E-state index contributed by atoms with van der Waals surface area (Å²) in [5.74, 6) is 0.713. The Labute approximate surface area is 118 Å². The number of hydrogen-bond acceptors (Lipinski definition) is 4. The number of likely N-dealkylation sites (N-methyl/N-ethyl adjacent to an activating group) is 1. The molecule has 1 fully saturated rings. The summed E-state index contributed by atoms with van der Waals surface area (Å²) < 4.78 is 0. The van der Waals surface area contributed by atoms with E-state index in [-0.39, 0.29) is 0 Å². The largest absolute Gasteiger partial charge is 0.369 e. The van der Waals surface area contributed by atoms with E-state index >= 15 is 0 Å². The van der Waals surface area contributed by atoms with Gasteiger partial charge in [0.1, 0.15) is 11.0 Å². The first-order chi connectivity index (χ1) is 9.13. The Kier molecular flexibility index (Phi) is 3.29. The number of aromatic nitrogens is 2. The van der Waals surface area contributed by atoms with Crippen molar-refractivity contribution in [2.45, 2.75) is 6.92 Å². The minimum absolute atomic E-state index is 0.540. The Morgan fingerprint density at radius 3 is 2.58 bits per heavy atom. The zero-order chi connectivity index (χ0) is 13.4. The maximum absolute atomic E-state index is 6.22. The monoisotopic (exact) mass is 276 g/mol. The zero-order valence-electron chi connectivity index (χ0n) is 11.2. The molecule has 0 amide bonds. The Balaban J connectivity index is 1.97. The van der Waals surface area contributed by atoms with E-state index in [1.54, 1.807) is 0 Å². The number of nitrogens with zero attached hydrogens (tertiary/aromatic N) is 4. The topological polar surface area (TPSA) is 32.3 Å². The maximum atomic E-state index is 6.22. The normalized spacial score (nSPS) is 17.1. The average Bonchev–Trinajstić information content (AvgIpc) is 2.39. The molecular formula is C14H17ClN4. The molecule has 3 rings (SSSR count). The average molecular weight is 277 g/mol. The second-order valence-corrected chi connectivity index (χ2v) is 5.41. The number of hydrogen-bond donors (Lipinski definition) is 0. The summed E-state index contributed by atoms with van der Waals surface area (Å²) in [6, 6.07) is 6.25. The lowest BCUT2D eigenvalue weighted by Crippen LogP contribution is -2.44. The predicted octanol–water partition coefficient (Wildman–Crippen LogP) is 2.34. The molecule has 1 aliphatic rings. The minimum atomic E-state index is 0.540. The van der Waals surface area contributed by atoms with Crippen molar-refractivity contribution in [2.24, 2.45) is 0 Å². The molecule has 0 aliphatic carbocycles. The van der Waals surface area contributed by atoms with Crippen molar-refractivity contribution < 1.29 is 0 Å². The Bertz CT molecular complexity index is 606. The van der Waals surface area contributed by atoms with Crippen molar-refractivity contribution >= 4 is 28.2 Å². The lowest BCUT2D eigenvalue weighted by Gasteiger charge is -2.34. The maximum Gasteiger partial charge on any atom is 0.140 e.